The Labute approximate surface area is 125 Å². The Morgan fingerprint density at radius 2 is 2.05 bits per heavy atom. The first-order valence-corrected chi connectivity index (χ1v) is 7.57. The predicted molar refractivity (Wildman–Crippen MR) is 87.6 cm³/mol. The molecule has 0 radical (unpaired) electrons. The minimum atomic E-state index is 0.616. The molecule has 2 aromatic carbocycles. The van der Waals surface area contributed by atoms with Crippen LogP contribution in [0.3, 0.4) is 0 Å². The molecule has 0 aliphatic rings. The van der Waals surface area contributed by atoms with E-state index >= 15 is 0 Å². The fourth-order valence-electron chi connectivity index (χ4n) is 2.58. The molecule has 2 heterocycles. The van der Waals surface area contributed by atoms with Gasteiger partial charge in [-0.2, -0.15) is 0 Å². The first-order valence-electron chi connectivity index (χ1n) is 6.75. The molecule has 21 heavy (non-hydrogen) atoms. The molecular weight excluding hydrogens is 280 g/mol. The topological polar surface area (TPSA) is 56.7 Å². The highest BCUT2D eigenvalue weighted by molar-refractivity contribution is 7.22. The number of benzene rings is 2. The number of fused-ring (bicyclic) bond motifs is 2. The normalized spacial score (nSPS) is 11.5. The zero-order valence-electron chi connectivity index (χ0n) is 11.6. The molecule has 2 aromatic heterocycles. The average Bonchev–Trinajstić information content (AvgIpc) is 3.01. The first-order chi connectivity index (χ1) is 10.2. The Hall–Kier alpha value is -2.40. The molecule has 0 fully saturated rings. The second-order valence-corrected chi connectivity index (χ2v) is 6.28. The summed E-state index contributed by atoms with van der Waals surface area (Å²) in [5, 5.41) is 0.616. The van der Waals surface area contributed by atoms with E-state index < -0.39 is 0 Å². The summed E-state index contributed by atoms with van der Waals surface area (Å²) in [6.45, 7) is 2.88. The highest BCUT2D eigenvalue weighted by Crippen LogP contribution is 2.25. The third kappa shape index (κ3) is 2.15. The number of aryl methyl sites for hydroxylation is 1. The van der Waals surface area contributed by atoms with E-state index in [0.717, 1.165) is 27.8 Å². The molecular formula is C16H14N4S. The number of nitrogens with two attached hydrogens (primary N) is 1. The molecule has 104 valence electrons. The van der Waals surface area contributed by atoms with E-state index in [2.05, 4.69) is 51.8 Å². The number of aromatic nitrogens is 3. The second kappa shape index (κ2) is 4.56. The van der Waals surface area contributed by atoms with Crippen LogP contribution in [-0.4, -0.2) is 14.5 Å². The monoisotopic (exact) mass is 294 g/mol. The van der Waals surface area contributed by atoms with Crippen molar-refractivity contribution in [2.24, 2.45) is 0 Å². The van der Waals surface area contributed by atoms with Gasteiger partial charge in [-0.25, -0.2) is 9.97 Å². The average molecular weight is 294 g/mol. The molecule has 0 saturated heterocycles. The van der Waals surface area contributed by atoms with Gasteiger partial charge in [0.25, 0.3) is 0 Å². The maximum absolute atomic E-state index is 5.76. The molecule has 0 bridgehead atoms. The van der Waals surface area contributed by atoms with Gasteiger partial charge in [-0.05, 0) is 42.3 Å². The standard InChI is InChI=1S/C16H14N4S/c1-10-2-5-14-13(6-10)18-9-20(14)8-11-3-4-12-15(7-11)21-16(17)19-12/h2-7,9H,8H2,1H3,(H2,17,19). The molecule has 0 spiro atoms. The van der Waals surface area contributed by atoms with Crippen molar-refractivity contribution in [3.8, 4) is 0 Å². The highest BCUT2D eigenvalue weighted by Gasteiger charge is 2.06. The smallest absolute Gasteiger partial charge is 0.181 e. The SMILES string of the molecule is Cc1ccc2c(c1)ncn2Cc1ccc2nc(N)sc2c1. The quantitative estimate of drug-likeness (QED) is 0.614. The zero-order valence-corrected chi connectivity index (χ0v) is 12.4. The van der Waals surface area contributed by atoms with Crippen molar-refractivity contribution >= 4 is 37.7 Å². The van der Waals surface area contributed by atoms with E-state index in [4.69, 9.17) is 5.73 Å². The number of rotatable bonds is 2. The predicted octanol–water partition coefficient (Wildman–Crippen LogP) is 3.58. The summed E-state index contributed by atoms with van der Waals surface area (Å²) in [5.74, 6) is 0. The number of anilines is 1. The van der Waals surface area contributed by atoms with Gasteiger partial charge in [0.2, 0.25) is 0 Å². The third-order valence-corrected chi connectivity index (χ3v) is 4.45. The molecule has 0 amide bonds. The van der Waals surface area contributed by atoms with Crippen LogP contribution in [0.2, 0.25) is 0 Å². The van der Waals surface area contributed by atoms with E-state index in [0.29, 0.717) is 5.13 Å². The molecule has 4 nitrogen and oxygen atoms in total. The van der Waals surface area contributed by atoms with Crippen molar-refractivity contribution < 1.29 is 0 Å². The van der Waals surface area contributed by atoms with Crippen LogP contribution in [0.5, 0.6) is 0 Å². The Kier molecular flexibility index (Phi) is 2.68. The largest absolute Gasteiger partial charge is 0.375 e. The van der Waals surface area contributed by atoms with Gasteiger partial charge in [0.1, 0.15) is 0 Å². The van der Waals surface area contributed by atoms with E-state index in [1.54, 1.807) is 0 Å². The van der Waals surface area contributed by atoms with Gasteiger partial charge in [-0.3, -0.25) is 0 Å². The van der Waals surface area contributed by atoms with Gasteiger partial charge in [-0.1, -0.05) is 23.5 Å². The van der Waals surface area contributed by atoms with Crippen LogP contribution in [-0.2, 0) is 6.54 Å². The summed E-state index contributed by atoms with van der Waals surface area (Å²) in [5.41, 5.74) is 11.4. The summed E-state index contributed by atoms with van der Waals surface area (Å²) < 4.78 is 3.30. The molecule has 5 heteroatoms. The molecule has 0 atom stereocenters. The van der Waals surface area contributed by atoms with Crippen LogP contribution < -0.4 is 5.73 Å². The highest BCUT2D eigenvalue weighted by atomic mass is 32.1. The maximum atomic E-state index is 5.76. The molecule has 0 aliphatic carbocycles. The Balaban J connectivity index is 1.75. The van der Waals surface area contributed by atoms with E-state index in [9.17, 15) is 0 Å². The van der Waals surface area contributed by atoms with Crippen molar-refractivity contribution in [1.29, 1.82) is 0 Å². The van der Waals surface area contributed by atoms with Crippen molar-refractivity contribution in [2.75, 3.05) is 5.73 Å². The van der Waals surface area contributed by atoms with Crippen molar-refractivity contribution in [3.63, 3.8) is 0 Å². The lowest BCUT2D eigenvalue weighted by Crippen LogP contribution is -1.97. The number of nitrogen functional groups attached to an aromatic ring is 1. The lowest BCUT2D eigenvalue weighted by Gasteiger charge is -2.05. The van der Waals surface area contributed by atoms with Gasteiger partial charge >= 0.3 is 0 Å². The first kappa shape index (κ1) is 12.3. The third-order valence-electron chi connectivity index (χ3n) is 3.60. The number of nitrogens with zero attached hydrogens (tertiary/aromatic N) is 3. The summed E-state index contributed by atoms with van der Waals surface area (Å²) >= 11 is 1.53. The molecule has 0 aliphatic heterocycles. The molecule has 4 rings (SSSR count). The summed E-state index contributed by atoms with van der Waals surface area (Å²) in [7, 11) is 0. The van der Waals surface area contributed by atoms with E-state index in [1.807, 2.05) is 12.4 Å². The minimum Gasteiger partial charge on any atom is -0.375 e. The van der Waals surface area contributed by atoms with Gasteiger partial charge in [0.05, 0.1) is 27.6 Å². The van der Waals surface area contributed by atoms with Gasteiger partial charge in [-0.15, -0.1) is 0 Å². The second-order valence-electron chi connectivity index (χ2n) is 5.22. The summed E-state index contributed by atoms with van der Waals surface area (Å²) in [6.07, 6.45) is 1.90. The summed E-state index contributed by atoms with van der Waals surface area (Å²) in [6, 6.07) is 12.6. The number of imidazole rings is 1. The zero-order chi connectivity index (χ0) is 14.4. The molecule has 2 N–H and O–H groups in total. The van der Waals surface area contributed by atoms with Crippen molar-refractivity contribution in [1.82, 2.24) is 14.5 Å². The van der Waals surface area contributed by atoms with Crippen LogP contribution in [0.25, 0.3) is 21.3 Å². The molecule has 0 saturated carbocycles. The van der Waals surface area contributed by atoms with E-state index in [1.165, 1.54) is 22.5 Å². The van der Waals surface area contributed by atoms with Gasteiger partial charge in [0.15, 0.2) is 5.13 Å². The maximum Gasteiger partial charge on any atom is 0.181 e. The van der Waals surface area contributed by atoms with Crippen LogP contribution in [0.4, 0.5) is 5.13 Å². The lowest BCUT2D eigenvalue weighted by atomic mass is 10.2. The number of thiazole rings is 1. The van der Waals surface area contributed by atoms with Gasteiger partial charge < -0.3 is 10.3 Å². The minimum absolute atomic E-state index is 0.616. The molecule has 4 aromatic rings. The fourth-order valence-corrected chi connectivity index (χ4v) is 3.38. The lowest BCUT2D eigenvalue weighted by molar-refractivity contribution is 0.826. The van der Waals surface area contributed by atoms with Gasteiger partial charge in [0, 0.05) is 6.54 Å². The Morgan fingerprint density at radius 1 is 1.14 bits per heavy atom. The van der Waals surface area contributed by atoms with E-state index in [-0.39, 0.29) is 0 Å². The summed E-state index contributed by atoms with van der Waals surface area (Å²) in [4.78, 5) is 8.76. The van der Waals surface area contributed by atoms with Crippen molar-refractivity contribution in [2.45, 2.75) is 13.5 Å². The van der Waals surface area contributed by atoms with Crippen LogP contribution in [0.15, 0.2) is 42.7 Å². The van der Waals surface area contributed by atoms with Crippen LogP contribution in [0.1, 0.15) is 11.1 Å². The fraction of sp³-hybridized carbons (Fsp3) is 0.125. The number of hydrogen-bond acceptors (Lipinski definition) is 4. The Bertz CT molecular complexity index is 951. The Morgan fingerprint density at radius 3 is 2.95 bits per heavy atom. The number of hydrogen-bond donors (Lipinski definition) is 1. The molecule has 0 unspecified atom stereocenters. The van der Waals surface area contributed by atoms with Crippen LogP contribution in [0, 0.1) is 6.92 Å². The van der Waals surface area contributed by atoms with Crippen LogP contribution >= 0.6 is 11.3 Å². The van der Waals surface area contributed by atoms with Crippen molar-refractivity contribution in [3.05, 3.63) is 53.9 Å².